The molecule has 1 aliphatic rings. The Kier molecular flexibility index (Phi) is 6.81. The lowest BCUT2D eigenvalue weighted by Crippen LogP contribution is -2.42. The van der Waals surface area contributed by atoms with Crippen molar-refractivity contribution < 1.29 is 18.7 Å². The Bertz CT molecular complexity index is 1270. The van der Waals surface area contributed by atoms with Gasteiger partial charge in [-0.05, 0) is 37.0 Å². The van der Waals surface area contributed by atoms with E-state index in [0.717, 1.165) is 12.0 Å². The number of aromatic nitrogens is 4. The summed E-state index contributed by atoms with van der Waals surface area (Å²) in [5.74, 6) is 0.309. The first-order valence-electron chi connectivity index (χ1n) is 11.4. The summed E-state index contributed by atoms with van der Waals surface area (Å²) < 4.78 is 25.0. The van der Waals surface area contributed by atoms with Crippen molar-refractivity contribution in [2.45, 2.75) is 39.7 Å². The van der Waals surface area contributed by atoms with Gasteiger partial charge >= 0.3 is 0 Å². The molecule has 1 aliphatic heterocycles. The molecule has 1 amide bonds. The van der Waals surface area contributed by atoms with E-state index in [0.29, 0.717) is 47.1 Å². The molecule has 0 spiro atoms. The minimum Gasteiger partial charge on any atom is -0.477 e. The number of hydrogen-bond acceptors (Lipinski definition) is 8. The molecule has 1 atom stereocenters. The highest BCUT2D eigenvalue weighted by molar-refractivity contribution is 5.98. The lowest BCUT2D eigenvalue weighted by atomic mass is 9.88. The van der Waals surface area contributed by atoms with Gasteiger partial charge in [0.15, 0.2) is 0 Å². The van der Waals surface area contributed by atoms with Crippen molar-refractivity contribution in [2.75, 3.05) is 26.5 Å². The minimum absolute atomic E-state index is 0.119. The lowest BCUT2D eigenvalue weighted by Gasteiger charge is -2.38. The number of amides is 1. The standard InChI is InChI=1S/C25H29FN6O3/c1-13(2)8-9-32-20(11-18-21(24(32)33)14(3)29-25(27)31-18)16-7-6-15(26)10-17(16)19-12-28-22(34-4)23(30-19)35-5/h6-7,10,12-13,20H,8-9,11H2,1-5H3,(H2,27,29,31)/t20-/m1/s1. The molecule has 4 rings (SSSR count). The molecule has 184 valence electrons. The molecule has 0 saturated heterocycles. The highest BCUT2D eigenvalue weighted by atomic mass is 19.1. The van der Waals surface area contributed by atoms with E-state index in [1.165, 1.54) is 32.5 Å². The Labute approximate surface area is 203 Å². The number of carbonyl (C=O) groups excluding carboxylic acids is 1. The average molecular weight is 481 g/mol. The molecule has 1 aromatic carbocycles. The van der Waals surface area contributed by atoms with Crippen molar-refractivity contribution >= 4 is 11.9 Å². The number of rotatable bonds is 7. The number of fused-ring (bicyclic) bond motifs is 1. The van der Waals surface area contributed by atoms with Crippen LogP contribution in [-0.4, -0.2) is 51.5 Å². The van der Waals surface area contributed by atoms with E-state index in [2.05, 4.69) is 33.8 Å². The first kappa shape index (κ1) is 24.3. The topological polar surface area (TPSA) is 116 Å². The number of carbonyl (C=O) groups is 1. The number of aryl methyl sites for hydroxylation is 1. The highest BCUT2D eigenvalue weighted by Crippen LogP contribution is 2.39. The first-order valence-corrected chi connectivity index (χ1v) is 11.4. The fraction of sp³-hybridized carbons (Fsp3) is 0.400. The van der Waals surface area contributed by atoms with E-state index >= 15 is 0 Å². The summed E-state index contributed by atoms with van der Waals surface area (Å²) in [7, 11) is 2.92. The number of nitrogens with two attached hydrogens (primary N) is 1. The zero-order valence-electron chi connectivity index (χ0n) is 20.5. The van der Waals surface area contributed by atoms with Gasteiger partial charge in [-0.25, -0.2) is 24.3 Å². The lowest BCUT2D eigenvalue weighted by molar-refractivity contribution is 0.0633. The predicted molar refractivity (Wildman–Crippen MR) is 129 cm³/mol. The van der Waals surface area contributed by atoms with Crippen molar-refractivity contribution in [1.29, 1.82) is 0 Å². The number of ether oxygens (including phenoxy) is 2. The molecule has 0 radical (unpaired) electrons. The molecule has 9 nitrogen and oxygen atoms in total. The molecule has 0 saturated carbocycles. The highest BCUT2D eigenvalue weighted by Gasteiger charge is 2.37. The first-order chi connectivity index (χ1) is 16.7. The molecule has 2 aromatic heterocycles. The summed E-state index contributed by atoms with van der Waals surface area (Å²) >= 11 is 0. The van der Waals surface area contributed by atoms with Crippen molar-refractivity contribution in [3.63, 3.8) is 0 Å². The van der Waals surface area contributed by atoms with Crippen molar-refractivity contribution in [1.82, 2.24) is 24.8 Å². The number of nitrogens with zero attached hydrogens (tertiary/aromatic N) is 5. The smallest absolute Gasteiger partial charge is 0.278 e. The van der Waals surface area contributed by atoms with Gasteiger partial charge in [0.1, 0.15) is 5.82 Å². The summed E-state index contributed by atoms with van der Waals surface area (Å²) in [4.78, 5) is 32.9. The third-order valence-electron chi connectivity index (χ3n) is 6.11. The maximum atomic E-state index is 14.5. The largest absolute Gasteiger partial charge is 0.477 e. The van der Waals surface area contributed by atoms with E-state index in [-0.39, 0.29) is 23.6 Å². The maximum Gasteiger partial charge on any atom is 0.278 e. The summed E-state index contributed by atoms with van der Waals surface area (Å²) in [6, 6.07) is 4.05. The zero-order valence-corrected chi connectivity index (χ0v) is 20.5. The van der Waals surface area contributed by atoms with Gasteiger partial charge in [0, 0.05) is 18.5 Å². The quantitative estimate of drug-likeness (QED) is 0.543. The van der Waals surface area contributed by atoms with E-state index in [9.17, 15) is 9.18 Å². The van der Waals surface area contributed by atoms with Crippen LogP contribution < -0.4 is 15.2 Å². The molecule has 2 N–H and O–H groups in total. The SMILES string of the molecule is COc1ncc(-c2cc(F)ccc2[C@H]2Cc3nc(N)nc(C)c3C(=O)N2CCC(C)C)nc1OC. The fourth-order valence-electron chi connectivity index (χ4n) is 4.40. The molecule has 35 heavy (non-hydrogen) atoms. The van der Waals surface area contributed by atoms with Gasteiger partial charge in [-0.15, -0.1) is 0 Å². The van der Waals surface area contributed by atoms with Crippen molar-refractivity contribution in [3.05, 3.63) is 52.7 Å². The van der Waals surface area contributed by atoms with E-state index in [1.807, 2.05) is 4.90 Å². The summed E-state index contributed by atoms with van der Waals surface area (Å²) in [6.07, 6.45) is 2.71. The summed E-state index contributed by atoms with van der Waals surface area (Å²) in [6.45, 7) is 6.50. The third-order valence-corrected chi connectivity index (χ3v) is 6.11. The number of hydrogen-bond donors (Lipinski definition) is 1. The monoisotopic (exact) mass is 480 g/mol. The van der Waals surface area contributed by atoms with Crippen LogP contribution in [0.25, 0.3) is 11.3 Å². The van der Waals surface area contributed by atoms with Crippen molar-refractivity contribution in [2.24, 2.45) is 5.92 Å². The molecular weight excluding hydrogens is 451 g/mol. The van der Waals surface area contributed by atoms with Crippen LogP contribution in [0.3, 0.4) is 0 Å². The number of anilines is 1. The Balaban J connectivity index is 1.88. The molecule has 3 heterocycles. The van der Waals surface area contributed by atoms with E-state index in [1.54, 1.807) is 13.0 Å². The fourth-order valence-corrected chi connectivity index (χ4v) is 4.40. The van der Waals surface area contributed by atoms with Gasteiger partial charge in [0.25, 0.3) is 17.7 Å². The second kappa shape index (κ2) is 9.81. The number of halogens is 1. The van der Waals surface area contributed by atoms with Crippen LogP contribution in [-0.2, 0) is 6.42 Å². The third kappa shape index (κ3) is 4.73. The second-order valence-electron chi connectivity index (χ2n) is 8.90. The van der Waals surface area contributed by atoms with Gasteiger partial charge in [0.05, 0.1) is 49.1 Å². The van der Waals surface area contributed by atoms with Gasteiger partial charge < -0.3 is 20.1 Å². The predicted octanol–water partition coefficient (Wildman–Crippen LogP) is 3.77. The van der Waals surface area contributed by atoms with Gasteiger partial charge in [0.2, 0.25) is 5.95 Å². The van der Waals surface area contributed by atoms with Crippen molar-refractivity contribution in [3.8, 4) is 23.0 Å². The summed E-state index contributed by atoms with van der Waals surface area (Å²) in [5, 5.41) is 0. The zero-order chi connectivity index (χ0) is 25.3. The molecule has 0 fully saturated rings. The number of benzene rings is 1. The summed E-state index contributed by atoms with van der Waals surface area (Å²) in [5.41, 5.74) is 9.15. The maximum absolute atomic E-state index is 14.5. The molecule has 10 heteroatoms. The van der Waals surface area contributed by atoms with E-state index < -0.39 is 11.9 Å². The van der Waals surface area contributed by atoms with Crippen LogP contribution in [0.5, 0.6) is 11.8 Å². The number of nitrogen functional groups attached to an aromatic ring is 1. The van der Waals surface area contributed by atoms with Crippen LogP contribution in [0.4, 0.5) is 10.3 Å². The van der Waals surface area contributed by atoms with Crippen LogP contribution in [0.2, 0.25) is 0 Å². The Hall–Kier alpha value is -3.82. The van der Waals surface area contributed by atoms with Gasteiger partial charge in [-0.2, -0.15) is 0 Å². The molecule has 3 aromatic rings. The number of methoxy groups -OCH3 is 2. The molecular formula is C25H29FN6O3. The Morgan fingerprint density at radius 2 is 1.91 bits per heavy atom. The van der Waals surface area contributed by atoms with Crippen LogP contribution in [0.15, 0.2) is 24.4 Å². The molecule has 0 aliphatic carbocycles. The second-order valence-corrected chi connectivity index (χ2v) is 8.90. The minimum atomic E-state index is -0.431. The van der Waals surface area contributed by atoms with Gasteiger partial charge in [-0.3, -0.25) is 4.79 Å². The average Bonchev–Trinajstić information content (AvgIpc) is 2.82. The van der Waals surface area contributed by atoms with E-state index in [4.69, 9.17) is 15.2 Å². The van der Waals surface area contributed by atoms with Gasteiger partial charge in [-0.1, -0.05) is 19.9 Å². The Morgan fingerprint density at radius 1 is 1.17 bits per heavy atom. The Morgan fingerprint density at radius 3 is 2.60 bits per heavy atom. The normalized spacial score (nSPS) is 15.3. The van der Waals surface area contributed by atoms with Crippen LogP contribution in [0, 0.1) is 18.7 Å². The van der Waals surface area contributed by atoms with Crippen LogP contribution >= 0.6 is 0 Å². The van der Waals surface area contributed by atoms with Crippen LogP contribution in [0.1, 0.15) is 53.6 Å². The molecule has 0 bridgehead atoms. The molecule has 0 unspecified atom stereocenters.